The summed E-state index contributed by atoms with van der Waals surface area (Å²) in [6.07, 6.45) is 5.34. The number of carbonyl (C=O) groups excluding carboxylic acids is 1. The van der Waals surface area contributed by atoms with Gasteiger partial charge in [0.1, 0.15) is 0 Å². The van der Waals surface area contributed by atoms with Crippen LogP contribution in [0.2, 0.25) is 0 Å². The summed E-state index contributed by atoms with van der Waals surface area (Å²) in [6.45, 7) is 1.71. The number of fused-ring (bicyclic) bond motifs is 2. The van der Waals surface area contributed by atoms with Crippen LogP contribution in [-0.2, 0) is 24.1 Å². The van der Waals surface area contributed by atoms with E-state index in [4.69, 9.17) is 18.9 Å². The van der Waals surface area contributed by atoms with Gasteiger partial charge in [-0.3, -0.25) is 9.69 Å². The summed E-state index contributed by atoms with van der Waals surface area (Å²) in [5.74, 6) is 3.05. The van der Waals surface area contributed by atoms with Crippen LogP contribution in [0.15, 0.2) is 66.2 Å². The first-order valence-corrected chi connectivity index (χ1v) is 15.5. The smallest absolute Gasteiger partial charge is 0.278 e. The molecule has 2 atom stereocenters. The van der Waals surface area contributed by atoms with Gasteiger partial charge in [0, 0.05) is 36.6 Å². The third-order valence-electron chi connectivity index (χ3n) is 8.53. The molecule has 1 aliphatic heterocycles. The van der Waals surface area contributed by atoms with Crippen LogP contribution in [0.5, 0.6) is 28.2 Å². The number of methoxy groups -OCH3 is 3. The van der Waals surface area contributed by atoms with Crippen LogP contribution in [0.1, 0.15) is 46.2 Å². The summed E-state index contributed by atoms with van der Waals surface area (Å²) in [5, 5.41) is 5.68. The molecule has 43 heavy (non-hydrogen) atoms. The van der Waals surface area contributed by atoms with Gasteiger partial charge in [-0.1, -0.05) is 41.7 Å². The highest BCUT2D eigenvalue weighted by atomic mass is 32.1. The number of hydrogen-bond acceptors (Lipinski definition) is 8. The van der Waals surface area contributed by atoms with Crippen LogP contribution in [0, 0.1) is 0 Å². The minimum Gasteiger partial charge on any atom is -0.493 e. The highest BCUT2D eigenvalue weighted by Gasteiger charge is 2.31. The lowest BCUT2D eigenvalue weighted by Gasteiger charge is -2.37. The molecule has 0 spiro atoms. The van der Waals surface area contributed by atoms with Gasteiger partial charge in [-0.15, -0.1) is 0 Å². The molecule has 1 amide bonds. The molecule has 8 nitrogen and oxygen atoms in total. The predicted octanol–water partition coefficient (Wildman–Crippen LogP) is 5.95. The maximum Gasteiger partial charge on any atom is 0.278 e. The first kappa shape index (κ1) is 29.0. The molecule has 0 bridgehead atoms. The second kappa shape index (κ2) is 13.1. The van der Waals surface area contributed by atoms with E-state index < -0.39 is 0 Å². The topological polar surface area (TPSA) is 82.2 Å². The Balaban J connectivity index is 1.26. The van der Waals surface area contributed by atoms with E-state index in [9.17, 15) is 4.79 Å². The standard InChI is InChI=1S/C34H37N3O5S/c1-39-29-11-8-22(17-30(29)40-2)16-28-27-19-32(42-34-35-13-15-43-34)31(41-3)18-24(27)12-14-37(28)21-33(38)36-20-25-10-9-23-6-4-5-7-26(23)25/h4-8,11,13,15,17-19,25,28H,9-10,12,14,16,20-21H2,1-3H3,(H,36,38). The molecule has 0 fully saturated rings. The van der Waals surface area contributed by atoms with Crippen molar-refractivity contribution >= 4 is 17.2 Å². The van der Waals surface area contributed by atoms with E-state index in [2.05, 4.69) is 57.7 Å². The van der Waals surface area contributed by atoms with Gasteiger partial charge in [0.2, 0.25) is 5.91 Å². The Hall–Kier alpha value is -4.08. The van der Waals surface area contributed by atoms with Gasteiger partial charge in [0.05, 0.1) is 27.9 Å². The van der Waals surface area contributed by atoms with E-state index in [0.29, 0.717) is 53.6 Å². The van der Waals surface area contributed by atoms with Crippen molar-refractivity contribution in [2.45, 2.75) is 37.6 Å². The highest BCUT2D eigenvalue weighted by Crippen LogP contribution is 2.42. The monoisotopic (exact) mass is 599 g/mol. The van der Waals surface area contributed by atoms with Crippen molar-refractivity contribution < 1.29 is 23.7 Å². The van der Waals surface area contributed by atoms with Gasteiger partial charge in [-0.25, -0.2) is 4.98 Å². The molecule has 1 aromatic heterocycles. The summed E-state index contributed by atoms with van der Waals surface area (Å²) in [5.41, 5.74) is 6.15. The number of aromatic nitrogens is 1. The van der Waals surface area contributed by atoms with E-state index in [1.54, 1.807) is 27.5 Å². The first-order chi connectivity index (χ1) is 21.1. The molecule has 1 N–H and O–H groups in total. The van der Waals surface area contributed by atoms with E-state index in [-0.39, 0.29) is 11.9 Å². The minimum absolute atomic E-state index is 0.0397. The van der Waals surface area contributed by atoms with Crippen LogP contribution in [0.4, 0.5) is 0 Å². The van der Waals surface area contributed by atoms with E-state index in [1.807, 2.05) is 17.5 Å². The number of carbonyl (C=O) groups is 1. The van der Waals surface area contributed by atoms with Crippen LogP contribution in [0.3, 0.4) is 0 Å². The van der Waals surface area contributed by atoms with Crippen LogP contribution < -0.4 is 24.3 Å². The van der Waals surface area contributed by atoms with Crippen molar-refractivity contribution in [2.75, 3.05) is 41.0 Å². The fraction of sp³-hybridized carbons (Fsp3) is 0.353. The Bertz CT molecular complexity index is 1570. The second-order valence-corrected chi connectivity index (χ2v) is 11.8. The average Bonchev–Trinajstić information content (AvgIpc) is 3.71. The zero-order valence-corrected chi connectivity index (χ0v) is 25.6. The molecule has 0 saturated heterocycles. The molecule has 2 unspecified atom stereocenters. The molecule has 0 saturated carbocycles. The predicted molar refractivity (Wildman–Crippen MR) is 167 cm³/mol. The van der Waals surface area contributed by atoms with Crippen molar-refractivity contribution in [1.82, 2.24) is 15.2 Å². The van der Waals surface area contributed by atoms with Crippen molar-refractivity contribution in [2.24, 2.45) is 0 Å². The summed E-state index contributed by atoms with van der Waals surface area (Å²) < 4.78 is 22.9. The number of amides is 1. The van der Waals surface area contributed by atoms with Crippen molar-refractivity contribution in [3.63, 3.8) is 0 Å². The molecule has 224 valence electrons. The number of ether oxygens (including phenoxy) is 4. The lowest BCUT2D eigenvalue weighted by Crippen LogP contribution is -2.44. The van der Waals surface area contributed by atoms with E-state index >= 15 is 0 Å². The molecule has 4 aromatic rings. The van der Waals surface area contributed by atoms with Crippen LogP contribution >= 0.6 is 11.3 Å². The first-order valence-electron chi connectivity index (χ1n) is 14.6. The summed E-state index contributed by atoms with van der Waals surface area (Å²) in [6, 6.07) is 18.6. The maximum atomic E-state index is 13.4. The molecule has 2 aliphatic rings. The third-order valence-corrected chi connectivity index (χ3v) is 9.18. The molecule has 1 aliphatic carbocycles. The normalized spacial score (nSPS) is 17.6. The number of nitrogens with one attached hydrogen (secondary N) is 1. The highest BCUT2D eigenvalue weighted by molar-refractivity contribution is 7.11. The third kappa shape index (κ3) is 6.33. The molecular formula is C34H37N3O5S. The zero-order valence-electron chi connectivity index (χ0n) is 24.8. The number of rotatable bonds is 11. The van der Waals surface area contributed by atoms with E-state index in [1.165, 1.54) is 28.0 Å². The quantitative estimate of drug-likeness (QED) is 0.228. The average molecular weight is 600 g/mol. The summed E-state index contributed by atoms with van der Waals surface area (Å²) in [7, 11) is 4.93. The molecular weight excluding hydrogens is 562 g/mol. The largest absolute Gasteiger partial charge is 0.493 e. The van der Waals surface area contributed by atoms with Gasteiger partial charge in [-0.05, 0) is 77.8 Å². The molecule has 9 heteroatoms. The fourth-order valence-electron chi connectivity index (χ4n) is 6.35. The number of aryl methyl sites for hydroxylation is 1. The van der Waals surface area contributed by atoms with Gasteiger partial charge in [-0.2, -0.15) is 0 Å². The Kier molecular flexibility index (Phi) is 8.81. The van der Waals surface area contributed by atoms with Gasteiger partial charge < -0.3 is 24.3 Å². The van der Waals surface area contributed by atoms with Crippen molar-refractivity contribution in [1.29, 1.82) is 0 Å². The molecule has 6 rings (SSSR count). The van der Waals surface area contributed by atoms with Gasteiger partial charge in [0.15, 0.2) is 23.0 Å². The van der Waals surface area contributed by atoms with Gasteiger partial charge in [0.25, 0.3) is 5.19 Å². The Labute approximate surface area is 256 Å². The Morgan fingerprint density at radius 3 is 2.53 bits per heavy atom. The van der Waals surface area contributed by atoms with Crippen molar-refractivity contribution in [3.05, 3.63) is 94.0 Å². The van der Waals surface area contributed by atoms with Gasteiger partial charge >= 0.3 is 0 Å². The number of thiazole rings is 1. The molecule has 0 radical (unpaired) electrons. The number of benzene rings is 3. The lowest BCUT2D eigenvalue weighted by molar-refractivity contribution is -0.123. The summed E-state index contributed by atoms with van der Waals surface area (Å²) in [4.78, 5) is 20.0. The number of hydrogen-bond donors (Lipinski definition) is 1. The second-order valence-electron chi connectivity index (χ2n) is 11.0. The van der Waals surface area contributed by atoms with E-state index in [0.717, 1.165) is 36.9 Å². The number of nitrogens with zero attached hydrogens (tertiary/aromatic N) is 2. The van der Waals surface area contributed by atoms with Crippen LogP contribution in [-0.4, -0.2) is 56.8 Å². The fourth-order valence-corrected chi connectivity index (χ4v) is 6.85. The maximum absolute atomic E-state index is 13.4. The zero-order chi connectivity index (χ0) is 29.8. The Morgan fingerprint density at radius 2 is 1.74 bits per heavy atom. The Morgan fingerprint density at radius 1 is 0.930 bits per heavy atom. The molecule has 3 aromatic carbocycles. The van der Waals surface area contributed by atoms with Crippen molar-refractivity contribution in [3.8, 4) is 28.2 Å². The minimum atomic E-state index is -0.0654. The summed E-state index contributed by atoms with van der Waals surface area (Å²) >= 11 is 1.43. The SMILES string of the molecule is COc1ccc(CC2c3cc(Oc4nccs4)c(OC)cc3CCN2CC(=O)NCC2CCc3ccccc32)cc1OC. The van der Waals surface area contributed by atoms with Crippen LogP contribution in [0.25, 0.3) is 0 Å². The lowest BCUT2D eigenvalue weighted by atomic mass is 9.88. The molecule has 2 heterocycles.